The number of pyridine rings is 1. The molecule has 3 fully saturated rings. The Bertz CT molecular complexity index is 1590. The normalized spacial score (nSPS) is 23.0. The third-order valence-electron chi connectivity index (χ3n) is 8.72. The average molecular weight is 658 g/mol. The van der Waals surface area contributed by atoms with Gasteiger partial charge in [0, 0.05) is 31.9 Å². The second kappa shape index (κ2) is 14.9. The number of aromatic nitrogens is 1. The minimum absolute atomic E-state index is 0.00243. The van der Waals surface area contributed by atoms with Crippen LogP contribution in [-0.2, 0) is 36.7 Å². The maximum absolute atomic E-state index is 13.5. The number of nitrogens with zero attached hydrogens (tertiary/aromatic N) is 3. The minimum Gasteiger partial charge on any atom is -0.443 e. The predicted molar refractivity (Wildman–Crippen MR) is 173 cm³/mol. The number of fused-ring (bicyclic) bond motifs is 1. The van der Waals surface area contributed by atoms with Gasteiger partial charge in [-0.1, -0.05) is 67.2 Å². The van der Waals surface area contributed by atoms with Gasteiger partial charge in [0.2, 0.25) is 0 Å². The highest BCUT2D eigenvalue weighted by atomic mass is 16.7. The first-order chi connectivity index (χ1) is 23.2. The fraction of sp³-hybridized carbons (Fsp3) is 0.371. The molecule has 6 unspecified atom stereocenters. The van der Waals surface area contributed by atoms with Crippen LogP contribution in [0.25, 0.3) is 11.3 Å². The van der Waals surface area contributed by atoms with Crippen LogP contribution in [-0.4, -0.2) is 95.5 Å². The molecule has 3 amide bonds. The van der Waals surface area contributed by atoms with Crippen molar-refractivity contribution >= 4 is 18.1 Å². The van der Waals surface area contributed by atoms with Crippen LogP contribution in [0.15, 0.2) is 91.3 Å². The fourth-order valence-electron chi connectivity index (χ4n) is 6.16. The van der Waals surface area contributed by atoms with Crippen LogP contribution in [0.4, 0.5) is 9.59 Å². The molecule has 3 aliphatic rings. The van der Waals surface area contributed by atoms with Crippen molar-refractivity contribution in [2.45, 2.75) is 50.0 Å². The number of rotatable bonds is 12. The van der Waals surface area contributed by atoms with Crippen molar-refractivity contribution in [3.05, 3.63) is 102 Å². The second-order valence-corrected chi connectivity index (χ2v) is 12.1. The van der Waals surface area contributed by atoms with E-state index in [2.05, 4.69) is 22.3 Å². The zero-order valence-electron chi connectivity index (χ0n) is 26.6. The second-order valence-electron chi connectivity index (χ2n) is 12.1. The summed E-state index contributed by atoms with van der Waals surface area (Å²) in [6.45, 7) is 4.60. The van der Waals surface area contributed by atoms with Gasteiger partial charge in [0.15, 0.2) is 12.3 Å². The molecule has 0 saturated carbocycles. The average Bonchev–Trinajstić information content (AvgIpc) is 3.77. The maximum atomic E-state index is 13.5. The van der Waals surface area contributed by atoms with Crippen LogP contribution in [0.2, 0.25) is 0 Å². The monoisotopic (exact) mass is 657 g/mol. The SMILES string of the molecule is C=C1OC(=O)N(C)C1C(=O)NN(Cc1ccc(-c2ccccn2)cc1)CC(O)C(Cc1ccccc1)NC(=O)OC1COC2OCCC12. The summed E-state index contributed by atoms with van der Waals surface area (Å²) in [5.74, 6) is -0.605. The van der Waals surface area contributed by atoms with E-state index in [-0.39, 0.29) is 37.7 Å². The van der Waals surface area contributed by atoms with Crippen molar-refractivity contribution in [1.82, 2.24) is 25.6 Å². The number of hydrogen-bond acceptors (Lipinski definition) is 10. The molecule has 1 aromatic heterocycles. The third kappa shape index (κ3) is 7.82. The van der Waals surface area contributed by atoms with Gasteiger partial charge in [0.1, 0.15) is 11.9 Å². The van der Waals surface area contributed by atoms with Crippen molar-refractivity contribution in [2.24, 2.45) is 5.92 Å². The number of amides is 3. The Kier molecular flexibility index (Phi) is 10.3. The number of aliphatic hydroxyl groups excluding tert-OH is 1. The largest absolute Gasteiger partial charge is 0.443 e. The Hall–Kier alpha value is -4.82. The minimum atomic E-state index is -1.17. The molecule has 13 heteroatoms. The zero-order valence-corrected chi connectivity index (χ0v) is 26.6. The summed E-state index contributed by atoms with van der Waals surface area (Å²) in [6, 6.07) is 20.9. The maximum Gasteiger partial charge on any atom is 0.415 e. The molecule has 0 spiro atoms. The van der Waals surface area contributed by atoms with Crippen LogP contribution < -0.4 is 10.7 Å². The quantitative estimate of drug-likeness (QED) is 0.248. The van der Waals surface area contributed by atoms with Crippen molar-refractivity contribution in [1.29, 1.82) is 0 Å². The summed E-state index contributed by atoms with van der Waals surface area (Å²) in [7, 11) is 1.45. The molecule has 3 N–H and O–H groups in total. The van der Waals surface area contributed by atoms with E-state index >= 15 is 0 Å². The van der Waals surface area contributed by atoms with E-state index in [4.69, 9.17) is 18.9 Å². The van der Waals surface area contributed by atoms with Crippen LogP contribution in [0.3, 0.4) is 0 Å². The van der Waals surface area contributed by atoms with Gasteiger partial charge in [-0.15, -0.1) is 0 Å². The summed E-state index contributed by atoms with van der Waals surface area (Å²) in [5, 5.41) is 16.1. The molecule has 3 aromatic rings. The number of likely N-dealkylation sites (N-methyl/N-ethyl adjacent to an activating group) is 1. The van der Waals surface area contributed by atoms with Crippen LogP contribution >= 0.6 is 0 Å². The van der Waals surface area contributed by atoms with Gasteiger partial charge >= 0.3 is 12.2 Å². The van der Waals surface area contributed by atoms with E-state index in [0.717, 1.165) is 33.7 Å². The number of hydrogen-bond donors (Lipinski definition) is 3. The highest BCUT2D eigenvalue weighted by Gasteiger charge is 2.44. The van der Waals surface area contributed by atoms with E-state index in [9.17, 15) is 19.5 Å². The Labute approximate surface area is 278 Å². The van der Waals surface area contributed by atoms with E-state index in [1.165, 1.54) is 7.05 Å². The lowest BCUT2D eigenvalue weighted by Crippen LogP contribution is -2.55. The number of hydrazine groups is 1. The summed E-state index contributed by atoms with van der Waals surface area (Å²) >= 11 is 0. The van der Waals surface area contributed by atoms with E-state index in [0.29, 0.717) is 13.0 Å². The summed E-state index contributed by atoms with van der Waals surface area (Å²) in [6.07, 6.45) is -0.634. The van der Waals surface area contributed by atoms with E-state index in [1.807, 2.05) is 72.8 Å². The summed E-state index contributed by atoms with van der Waals surface area (Å²) in [4.78, 5) is 44.3. The molecule has 13 nitrogen and oxygen atoms in total. The molecular formula is C35H39N5O8. The smallest absolute Gasteiger partial charge is 0.415 e. The van der Waals surface area contributed by atoms with Crippen molar-refractivity contribution in [3.8, 4) is 11.3 Å². The molecule has 252 valence electrons. The van der Waals surface area contributed by atoms with Crippen molar-refractivity contribution < 1.29 is 38.4 Å². The highest BCUT2D eigenvalue weighted by Crippen LogP contribution is 2.33. The van der Waals surface area contributed by atoms with E-state index in [1.54, 1.807) is 11.2 Å². The topological polar surface area (TPSA) is 152 Å². The lowest BCUT2D eigenvalue weighted by Gasteiger charge is -2.31. The lowest BCUT2D eigenvalue weighted by atomic mass is 10.0. The lowest BCUT2D eigenvalue weighted by molar-refractivity contribution is -0.129. The predicted octanol–water partition coefficient (Wildman–Crippen LogP) is 3.01. The third-order valence-corrected chi connectivity index (χ3v) is 8.72. The molecule has 4 heterocycles. The van der Waals surface area contributed by atoms with Gasteiger partial charge in [-0.2, -0.15) is 0 Å². The standard InChI is InChI=1S/C35H39N5O8/c1-22-31(39(2)35(44)47-22)32(42)38-40(19-24-11-13-25(14-12-24)27-10-6-7-16-36-27)20-29(41)28(18-23-8-4-3-5-9-23)37-34(43)48-30-21-46-33-26(30)15-17-45-33/h3-14,16,26,28-31,33,41H,1,15,17-21H2,2H3,(H,37,43)(H,38,42). The summed E-state index contributed by atoms with van der Waals surface area (Å²) < 4.78 is 22.0. The number of alkyl carbamates (subject to hydrolysis) is 1. The first-order valence-corrected chi connectivity index (χ1v) is 15.9. The van der Waals surface area contributed by atoms with Crippen molar-refractivity contribution in [2.75, 3.05) is 26.8 Å². The van der Waals surface area contributed by atoms with Gasteiger partial charge in [-0.05, 0) is 36.1 Å². The molecule has 3 aliphatic heterocycles. The molecule has 6 rings (SSSR count). The first-order valence-electron chi connectivity index (χ1n) is 15.9. The van der Waals surface area contributed by atoms with Crippen LogP contribution in [0, 0.1) is 5.92 Å². The van der Waals surface area contributed by atoms with Crippen LogP contribution in [0.5, 0.6) is 0 Å². The number of carbonyl (C=O) groups is 3. The zero-order chi connectivity index (χ0) is 33.6. The highest BCUT2D eigenvalue weighted by molar-refractivity contribution is 5.90. The Morgan fingerprint density at radius 1 is 1.08 bits per heavy atom. The van der Waals surface area contributed by atoms with Gasteiger partial charge in [-0.3, -0.25) is 20.1 Å². The molecule has 3 saturated heterocycles. The number of aliphatic hydroxyl groups is 1. The number of cyclic esters (lactones) is 1. The van der Waals surface area contributed by atoms with E-state index < -0.39 is 42.4 Å². The molecule has 0 aliphatic carbocycles. The molecule has 0 bridgehead atoms. The molecular weight excluding hydrogens is 618 g/mol. The van der Waals surface area contributed by atoms with Gasteiger partial charge in [-0.25, -0.2) is 14.6 Å². The number of carbonyl (C=O) groups excluding carboxylic acids is 3. The molecule has 6 atom stereocenters. The molecule has 2 aromatic carbocycles. The Balaban J connectivity index is 1.19. The molecule has 48 heavy (non-hydrogen) atoms. The Morgan fingerprint density at radius 2 is 1.85 bits per heavy atom. The number of nitrogens with one attached hydrogen (secondary N) is 2. The van der Waals surface area contributed by atoms with Crippen LogP contribution in [0.1, 0.15) is 17.5 Å². The number of ether oxygens (including phenoxy) is 4. The van der Waals surface area contributed by atoms with Crippen molar-refractivity contribution in [3.63, 3.8) is 0 Å². The molecule has 0 radical (unpaired) electrons. The Morgan fingerprint density at radius 3 is 2.56 bits per heavy atom. The number of benzene rings is 2. The fourth-order valence-corrected chi connectivity index (χ4v) is 6.16. The van der Waals surface area contributed by atoms with Gasteiger partial charge < -0.3 is 29.4 Å². The van der Waals surface area contributed by atoms with Gasteiger partial charge in [0.05, 0.1) is 37.0 Å². The first kappa shape index (κ1) is 33.1. The summed E-state index contributed by atoms with van der Waals surface area (Å²) in [5.41, 5.74) is 6.29. The van der Waals surface area contributed by atoms with Gasteiger partial charge in [0.25, 0.3) is 5.91 Å².